The summed E-state index contributed by atoms with van der Waals surface area (Å²) in [5, 5.41) is 3.32. The molecule has 152 valence electrons. The van der Waals surface area contributed by atoms with Crippen LogP contribution in [0.4, 0.5) is 11.5 Å². The van der Waals surface area contributed by atoms with Crippen molar-refractivity contribution >= 4 is 29.1 Å². The molecule has 7 nitrogen and oxygen atoms in total. The summed E-state index contributed by atoms with van der Waals surface area (Å²) >= 11 is 0. The van der Waals surface area contributed by atoms with E-state index in [2.05, 4.69) is 23.3 Å². The van der Waals surface area contributed by atoms with Gasteiger partial charge < -0.3 is 19.4 Å². The van der Waals surface area contributed by atoms with Gasteiger partial charge in [0.15, 0.2) is 18.1 Å². The fourth-order valence-electron chi connectivity index (χ4n) is 2.72. The Labute approximate surface area is 171 Å². The number of hydrogen-bond donors (Lipinski definition) is 1. The van der Waals surface area contributed by atoms with Crippen LogP contribution in [0, 0.1) is 0 Å². The van der Waals surface area contributed by atoms with Crippen molar-refractivity contribution in [2.24, 2.45) is 0 Å². The Hall–Kier alpha value is -3.35. The first kappa shape index (κ1) is 20.4. The lowest BCUT2D eigenvalue weighted by Gasteiger charge is -2.13. The lowest BCUT2D eigenvalue weighted by Crippen LogP contribution is -2.27. The molecule has 1 N–H and O–H groups in total. The van der Waals surface area contributed by atoms with Crippen molar-refractivity contribution in [1.29, 1.82) is 0 Å². The van der Waals surface area contributed by atoms with Gasteiger partial charge in [0.25, 0.3) is 5.91 Å². The number of rotatable bonds is 9. The Bertz CT molecular complexity index is 994. The number of anilines is 2. The number of ether oxygens (including phenoxy) is 1. The minimum absolute atomic E-state index is 0.00273. The number of carbonyl (C=O) groups is 1. The Morgan fingerprint density at radius 3 is 3.00 bits per heavy atom. The van der Waals surface area contributed by atoms with E-state index in [0.717, 1.165) is 29.9 Å². The van der Waals surface area contributed by atoms with Crippen LogP contribution in [0.2, 0.25) is 0 Å². The van der Waals surface area contributed by atoms with Gasteiger partial charge in [-0.3, -0.25) is 4.79 Å². The predicted octanol–water partition coefficient (Wildman–Crippen LogP) is 4.14. The SMILES string of the molecule is CCCC/C=C/c1cn2ccnc2c(Nc2cccc(OCC(=O)N(C)C)c2)n1. The number of nitrogens with zero attached hydrogens (tertiary/aromatic N) is 4. The van der Waals surface area contributed by atoms with Gasteiger partial charge in [-0.05, 0) is 24.6 Å². The number of benzene rings is 1. The molecule has 1 amide bonds. The molecule has 0 aliphatic rings. The van der Waals surface area contributed by atoms with Crippen LogP contribution < -0.4 is 10.1 Å². The summed E-state index contributed by atoms with van der Waals surface area (Å²) in [5.41, 5.74) is 2.41. The highest BCUT2D eigenvalue weighted by Gasteiger charge is 2.09. The van der Waals surface area contributed by atoms with Gasteiger partial charge in [-0.1, -0.05) is 31.9 Å². The van der Waals surface area contributed by atoms with Crippen molar-refractivity contribution < 1.29 is 9.53 Å². The molecule has 0 radical (unpaired) electrons. The zero-order chi connectivity index (χ0) is 20.6. The number of hydrogen-bond acceptors (Lipinski definition) is 5. The van der Waals surface area contributed by atoms with E-state index in [1.54, 1.807) is 20.3 Å². The molecule has 0 unspecified atom stereocenters. The molecule has 2 heterocycles. The number of carbonyl (C=O) groups excluding carboxylic acids is 1. The van der Waals surface area contributed by atoms with E-state index in [0.29, 0.717) is 11.6 Å². The highest BCUT2D eigenvalue weighted by molar-refractivity contribution is 5.77. The molecular weight excluding hydrogens is 366 g/mol. The van der Waals surface area contributed by atoms with Crippen molar-refractivity contribution in [3.8, 4) is 5.75 Å². The first-order valence-electron chi connectivity index (χ1n) is 9.77. The molecule has 7 heteroatoms. The van der Waals surface area contributed by atoms with Gasteiger partial charge in [-0.15, -0.1) is 0 Å². The molecule has 0 saturated heterocycles. The molecule has 0 aliphatic heterocycles. The number of unbranched alkanes of at least 4 members (excludes halogenated alkanes) is 2. The normalized spacial score (nSPS) is 11.1. The Morgan fingerprint density at radius 2 is 2.21 bits per heavy atom. The van der Waals surface area contributed by atoms with Crippen LogP contribution in [0.25, 0.3) is 11.7 Å². The van der Waals surface area contributed by atoms with Gasteiger partial charge in [0.2, 0.25) is 0 Å². The van der Waals surface area contributed by atoms with Crippen molar-refractivity contribution in [2.75, 3.05) is 26.0 Å². The van der Waals surface area contributed by atoms with Gasteiger partial charge >= 0.3 is 0 Å². The van der Waals surface area contributed by atoms with Crippen LogP contribution in [0.3, 0.4) is 0 Å². The molecule has 1 aromatic carbocycles. The van der Waals surface area contributed by atoms with E-state index >= 15 is 0 Å². The minimum Gasteiger partial charge on any atom is -0.484 e. The van der Waals surface area contributed by atoms with Crippen LogP contribution in [-0.4, -0.2) is 45.9 Å². The summed E-state index contributed by atoms with van der Waals surface area (Å²) in [6.45, 7) is 2.18. The van der Waals surface area contributed by atoms with Crippen LogP contribution in [-0.2, 0) is 4.79 Å². The smallest absolute Gasteiger partial charge is 0.259 e. The van der Waals surface area contributed by atoms with E-state index in [1.807, 2.05) is 47.1 Å². The topological polar surface area (TPSA) is 71.8 Å². The zero-order valence-electron chi connectivity index (χ0n) is 17.1. The second-order valence-corrected chi connectivity index (χ2v) is 6.95. The lowest BCUT2D eigenvalue weighted by molar-refractivity contribution is -0.130. The quantitative estimate of drug-likeness (QED) is 0.553. The summed E-state index contributed by atoms with van der Waals surface area (Å²) < 4.78 is 7.55. The minimum atomic E-state index is -0.0910. The van der Waals surface area contributed by atoms with Crippen molar-refractivity contribution in [3.63, 3.8) is 0 Å². The summed E-state index contributed by atoms with van der Waals surface area (Å²) in [5.74, 6) is 1.18. The second kappa shape index (κ2) is 9.73. The third-order valence-electron chi connectivity index (χ3n) is 4.36. The summed E-state index contributed by atoms with van der Waals surface area (Å²) in [6.07, 6.45) is 13.2. The Kier molecular flexibility index (Phi) is 6.84. The highest BCUT2D eigenvalue weighted by atomic mass is 16.5. The van der Waals surface area contributed by atoms with Crippen molar-refractivity contribution in [1.82, 2.24) is 19.3 Å². The van der Waals surface area contributed by atoms with Gasteiger partial charge in [-0.25, -0.2) is 9.97 Å². The van der Waals surface area contributed by atoms with Gasteiger partial charge in [-0.2, -0.15) is 0 Å². The summed E-state index contributed by atoms with van der Waals surface area (Å²) in [6, 6.07) is 7.45. The first-order valence-corrected chi connectivity index (χ1v) is 9.77. The number of amides is 1. The maximum atomic E-state index is 11.7. The van der Waals surface area contributed by atoms with E-state index in [1.165, 1.54) is 11.3 Å². The number of nitrogens with one attached hydrogen (secondary N) is 1. The van der Waals surface area contributed by atoms with Gasteiger partial charge in [0.1, 0.15) is 5.75 Å². The van der Waals surface area contributed by atoms with Crippen LogP contribution in [0.15, 0.2) is 48.9 Å². The molecule has 29 heavy (non-hydrogen) atoms. The molecule has 3 rings (SSSR count). The predicted molar refractivity (Wildman–Crippen MR) is 115 cm³/mol. The Morgan fingerprint density at radius 1 is 1.34 bits per heavy atom. The van der Waals surface area contributed by atoms with Crippen LogP contribution >= 0.6 is 0 Å². The number of likely N-dealkylation sites (N-methyl/N-ethyl adjacent to an activating group) is 1. The second-order valence-electron chi connectivity index (χ2n) is 6.95. The molecule has 0 bridgehead atoms. The van der Waals surface area contributed by atoms with Gasteiger partial charge in [0, 0.05) is 44.4 Å². The van der Waals surface area contributed by atoms with E-state index in [-0.39, 0.29) is 12.5 Å². The fourth-order valence-corrected chi connectivity index (χ4v) is 2.72. The van der Waals surface area contributed by atoms with Crippen LogP contribution in [0.1, 0.15) is 31.9 Å². The molecule has 0 fully saturated rings. The maximum Gasteiger partial charge on any atom is 0.259 e. The molecule has 0 atom stereocenters. The molecular formula is C22H27N5O2. The maximum absolute atomic E-state index is 11.7. The average molecular weight is 393 g/mol. The van der Waals surface area contributed by atoms with E-state index < -0.39 is 0 Å². The molecule has 0 saturated carbocycles. The number of imidazole rings is 1. The first-order chi connectivity index (χ1) is 14.1. The third kappa shape index (κ3) is 5.57. The molecule has 0 aliphatic carbocycles. The number of allylic oxidation sites excluding steroid dienone is 1. The van der Waals surface area contributed by atoms with E-state index in [4.69, 9.17) is 9.72 Å². The lowest BCUT2D eigenvalue weighted by atomic mass is 10.2. The largest absolute Gasteiger partial charge is 0.484 e. The van der Waals surface area contributed by atoms with Crippen molar-refractivity contribution in [2.45, 2.75) is 26.2 Å². The zero-order valence-corrected chi connectivity index (χ0v) is 17.1. The van der Waals surface area contributed by atoms with Crippen molar-refractivity contribution in [3.05, 3.63) is 54.6 Å². The molecule has 3 aromatic rings. The standard InChI is InChI=1S/C22H27N5O2/c1-4-5-6-7-9-18-15-27-13-12-23-22(27)21(25-18)24-17-10-8-11-19(14-17)29-16-20(28)26(2)3/h7-15H,4-6,16H2,1-3H3,(H,24,25)/b9-7+. The third-order valence-corrected chi connectivity index (χ3v) is 4.36. The fraction of sp³-hybridized carbons (Fsp3) is 0.318. The average Bonchev–Trinajstić information content (AvgIpc) is 3.18. The monoisotopic (exact) mass is 393 g/mol. The Balaban J connectivity index is 1.78. The molecule has 2 aromatic heterocycles. The summed E-state index contributed by atoms with van der Waals surface area (Å²) in [4.78, 5) is 22.3. The highest BCUT2D eigenvalue weighted by Crippen LogP contribution is 2.23. The van der Waals surface area contributed by atoms with E-state index in [9.17, 15) is 4.79 Å². The van der Waals surface area contributed by atoms with Gasteiger partial charge in [0.05, 0.1) is 5.69 Å². The molecule has 0 spiro atoms. The number of fused-ring (bicyclic) bond motifs is 1. The number of aromatic nitrogens is 3. The summed E-state index contributed by atoms with van der Waals surface area (Å²) in [7, 11) is 3.41. The van der Waals surface area contributed by atoms with Crippen LogP contribution in [0.5, 0.6) is 5.75 Å².